The van der Waals surface area contributed by atoms with Crippen molar-refractivity contribution in [1.82, 2.24) is 5.32 Å². The fourth-order valence-electron chi connectivity index (χ4n) is 4.27. The van der Waals surface area contributed by atoms with E-state index in [-0.39, 0.29) is 11.9 Å². The number of fused-ring (bicyclic) bond motifs is 2. The van der Waals surface area contributed by atoms with Gasteiger partial charge in [0.2, 0.25) is 0 Å². The first kappa shape index (κ1) is 14.4. The SMILES string of the molecule is Cc1ccc(C(=O)NC(C)C2CC3CCC2C3)c(NN)c1. The van der Waals surface area contributed by atoms with Crippen molar-refractivity contribution in [3.05, 3.63) is 29.3 Å². The van der Waals surface area contributed by atoms with Gasteiger partial charge in [0.05, 0.1) is 11.3 Å². The van der Waals surface area contributed by atoms with Gasteiger partial charge in [-0.15, -0.1) is 0 Å². The second kappa shape index (κ2) is 5.68. The lowest BCUT2D eigenvalue weighted by molar-refractivity contribution is 0.0916. The number of rotatable bonds is 4. The smallest absolute Gasteiger partial charge is 0.253 e. The number of carbonyl (C=O) groups is 1. The Kier molecular flexibility index (Phi) is 3.89. The molecule has 2 aliphatic rings. The fourth-order valence-corrected chi connectivity index (χ4v) is 4.27. The van der Waals surface area contributed by atoms with E-state index in [1.165, 1.54) is 25.7 Å². The van der Waals surface area contributed by atoms with Crippen LogP contribution in [0.1, 0.15) is 48.5 Å². The van der Waals surface area contributed by atoms with Crippen LogP contribution in [0.15, 0.2) is 18.2 Å². The third-order valence-corrected chi connectivity index (χ3v) is 5.37. The molecule has 1 amide bonds. The zero-order valence-electron chi connectivity index (χ0n) is 12.9. The van der Waals surface area contributed by atoms with E-state index >= 15 is 0 Å². The summed E-state index contributed by atoms with van der Waals surface area (Å²) in [5.74, 6) is 7.86. The van der Waals surface area contributed by atoms with Crippen LogP contribution in [0.2, 0.25) is 0 Å². The van der Waals surface area contributed by atoms with E-state index in [9.17, 15) is 4.79 Å². The molecule has 0 spiro atoms. The van der Waals surface area contributed by atoms with Gasteiger partial charge in [-0.3, -0.25) is 10.6 Å². The summed E-state index contributed by atoms with van der Waals surface area (Å²) in [6.07, 6.45) is 5.38. The highest BCUT2D eigenvalue weighted by Crippen LogP contribution is 2.49. The molecule has 4 atom stereocenters. The molecule has 2 fully saturated rings. The maximum absolute atomic E-state index is 12.5. The molecule has 4 nitrogen and oxygen atoms in total. The molecule has 3 rings (SSSR count). The monoisotopic (exact) mass is 287 g/mol. The average Bonchev–Trinajstić information content (AvgIpc) is 3.09. The van der Waals surface area contributed by atoms with E-state index in [1.54, 1.807) is 0 Å². The molecule has 0 aromatic heterocycles. The molecule has 4 N–H and O–H groups in total. The Bertz CT molecular complexity index is 543. The molecule has 0 aliphatic heterocycles. The Hall–Kier alpha value is -1.55. The van der Waals surface area contributed by atoms with Gasteiger partial charge in [-0.05, 0) is 68.6 Å². The fraction of sp³-hybridized carbons (Fsp3) is 0.588. The molecule has 4 unspecified atom stereocenters. The van der Waals surface area contributed by atoms with Crippen LogP contribution in [0, 0.1) is 24.7 Å². The second-order valence-corrected chi connectivity index (χ2v) is 6.79. The molecule has 0 saturated heterocycles. The highest BCUT2D eigenvalue weighted by molar-refractivity contribution is 5.99. The van der Waals surface area contributed by atoms with Crippen LogP contribution in [0.3, 0.4) is 0 Å². The molecule has 1 aromatic carbocycles. The van der Waals surface area contributed by atoms with Crippen molar-refractivity contribution in [1.29, 1.82) is 0 Å². The molecule has 1 aromatic rings. The summed E-state index contributed by atoms with van der Waals surface area (Å²) in [7, 11) is 0. The number of aryl methyl sites for hydroxylation is 1. The normalized spacial score (nSPS) is 28.4. The molecular weight excluding hydrogens is 262 g/mol. The van der Waals surface area contributed by atoms with E-state index < -0.39 is 0 Å². The number of amides is 1. The highest BCUT2D eigenvalue weighted by Gasteiger charge is 2.42. The first-order chi connectivity index (χ1) is 10.1. The number of nitrogens with one attached hydrogen (secondary N) is 2. The van der Waals surface area contributed by atoms with E-state index in [0.717, 1.165) is 17.4 Å². The lowest BCUT2D eigenvalue weighted by Crippen LogP contribution is -2.40. The second-order valence-electron chi connectivity index (χ2n) is 6.79. The Labute approximate surface area is 126 Å². The van der Waals surface area contributed by atoms with Gasteiger partial charge in [-0.1, -0.05) is 12.5 Å². The van der Waals surface area contributed by atoms with Gasteiger partial charge in [0, 0.05) is 6.04 Å². The summed E-state index contributed by atoms with van der Waals surface area (Å²) in [4.78, 5) is 12.5. The molecule has 2 saturated carbocycles. The van der Waals surface area contributed by atoms with Crippen molar-refractivity contribution >= 4 is 11.6 Å². The van der Waals surface area contributed by atoms with Crippen molar-refractivity contribution in [2.45, 2.75) is 45.6 Å². The third-order valence-electron chi connectivity index (χ3n) is 5.37. The Morgan fingerprint density at radius 2 is 2.14 bits per heavy atom. The molecular formula is C17H25N3O. The van der Waals surface area contributed by atoms with Crippen molar-refractivity contribution in [2.24, 2.45) is 23.6 Å². The molecule has 21 heavy (non-hydrogen) atoms. The molecule has 0 radical (unpaired) electrons. The Morgan fingerprint density at radius 1 is 1.33 bits per heavy atom. The zero-order valence-corrected chi connectivity index (χ0v) is 12.9. The summed E-state index contributed by atoms with van der Waals surface area (Å²) in [5, 5.41) is 3.18. The minimum absolute atomic E-state index is 0.0294. The summed E-state index contributed by atoms with van der Waals surface area (Å²) in [6, 6.07) is 5.92. The number of nitrogen functional groups attached to an aromatic ring is 1. The number of nitrogens with two attached hydrogens (primary N) is 1. The summed E-state index contributed by atoms with van der Waals surface area (Å²) >= 11 is 0. The number of hydrazine groups is 1. The number of carbonyl (C=O) groups excluding carboxylic acids is 1. The van der Waals surface area contributed by atoms with E-state index in [0.29, 0.717) is 17.2 Å². The van der Waals surface area contributed by atoms with Gasteiger partial charge < -0.3 is 10.7 Å². The summed E-state index contributed by atoms with van der Waals surface area (Å²) in [6.45, 7) is 4.13. The quantitative estimate of drug-likeness (QED) is 0.589. The summed E-state index contributed by atoms with van der Waals surface area (Å²) in [5.41, 5.74) is 5.02. The standard InChI is InChI=1S/C17H25N3O/c1-10-3-6-14(16(7-10)20-18)17(21)19-11(2)15-9-12-4-5-13(15)8-12/h3,6-7,11-13,15,20H,4-5,8-9,18H2,1-2H3,(H,19,21). The zero-order chi connectivity index (χ0) is 15.0. The number of hydrogen-bond acceptors (Lipinski definition) is 3. The van der Waals surface area contributed by atoms with Gasteiger partial charge in [0.25, 0.3) is 5.91 Å². The van der Waals surface area contributed by atoms with Gasteiger partial charge in [-0.2, -0.15) is 0 Å². The van der Waals surface area contributed by atoms with Crippen LogP contribution in [0.25, 0.3) is 0 Å². The molecule has 114 valence electrons. The number of benzene rings is 1. The van der Waals surface area contributed by atoms with Crippen molar-refractivity contribution in [2.75, 3.05) is 5.43 Å². The maximum atomic E-state index is 12.5. The maximum Gasteiger partial charge on any atom is 0.253 e. The van der Waals surface area contributed by atoms with Crippen LogP contribution in [-0.4, -0.2) is 11.9 Å². The highest BCUT2D eigenvalue weighted by atomic mass is 16.1. The topological polar surface area (TPSA) is 67.2 Å². The lowest BCUT2D eigenvalue weighted by atomic mass is 9.84. The largest absolute Gasteiger partial charge is 0.349 e. The minimum Gasteiger partial charge on any atom is -0.349 e. The van der Waals surface area contributed by atoms with Crippen LogP contribution < -0.4 is 16.6 Å². The van der Waals surface area contributed by atoms with Crippen molar-refractivity contribution in [3.63, 3.8) is 0 Å². The molecule has 4 heteroatoms. The van der Waals surface area contributed by atoms with E-state index in [2.05, 4.69) is 17.7 Å². The third kappa shape index (κ3) is 2.77. The van der Waals surface area contributed by atoms with Crippen LogP contribution >= 0.6 is 0 Å². The first-order valence-corrected chi connectivity index (χ1v) is 7.96. The first-order valence-electron chi connectivity index (χ1n) is 7.96. The van der Waals surface area contributed by atoms with Crippen LogP contribution in [0.4, 0.5) is 5.69 Å². The van der Waals surface area contributed by atoms with Crippen LogP contribution in [0.5, 0.6) is 0 Å². The van der Waals surface area contributed by atoms with Crippen LogP contribution in [-0.2, 0) is 0 Å². The van der Waals surface area contributed by atoms with E-state index in [4.69, 9.17) is 5.84 Å². The predicted molar refractivity (Wildman–Crippen MR) is 84.9 cm³/mol. The number of hydrogen-bond donors (Lipinski definition) is 3. The minimum atomic E-state index is -0.0294. The number of anilines is 1. The summed E-state index contributed by atoms with van der Waals surface area (Å²) < 4.78 is 0. The van der Waals surface area contributed by atoms with Gasteiger partial charge in [0.15, 0.2) is 0 Å². The Morgan fingerprint density at radius 3 is 2.76 bits per heavy atom. The van der Waals surface area contributed by atoms with Crippen molar-refractivity contribution in [3.8, 4) is 0 Å². The average molecular weight is 287 g/mol. The molecule has 2 bridgehead atoms. The molecule has 0 heterocycles. The van der Waals surface area contributed by atoms with E-state index in [1.807, 2.05) is 25.1 Å². The molecule has 2 aliphatic carbocycles. The Balaban J connectivity index is 1.68. The van der Waals surface area contributed by atoms with Crippen molar-refractivity contribution < 1.29 is 4.79 Å². The van der Waals surface area contributed by atoms with Gasteiger partial charge in [-0.25, -0.2) is 0 Å². The predicted octanol–water partition coefficient (Wildman–Crippen LogP) is 2.84. The van der Waals surface area contributed by atoms with Gasteiger partial charge >= 0.3 is 0 Å². The lowest BCUT2D eigenvalue weighted by Gasteiger charge is -2.28. The van der Waals surface area contributed by atoms with Gasteiger partial charge in [0.1, 0.15) is 0 Å².